The zero-order chi connectivity index (χ0) is 23.8. The normalized spacial score (nSPS) is 10.5. The van der Waals surface area contributed by atoms with Crippen LogP contribution >= 0.6 is 15.9 Å². The smallest absolute Gasteiger partial charge is 0.343 e. The highest BCUT2D eigenvalue weighted by atomic mass is 79.9. The fourth-order valence-corrected chi connectivity index (χ4v) is 3.21. The Morgan fingerprint density at radius 2 is 1.70 bits per heavy atom. The molecule has 0 fully saturated rings. The Labute approximate surface area is 198 Å². The van der Waals surface area contributed by atoms with E-state index in [1.165, 1.54) is 13.3 Å². The van der Waals surface area contributed by atoms with Gasteiger partial charge in [-0.1, -0.05) is 34.1 Å². The minimum atomic E-state index is -0.922. The van der Waals surface area contributed by atoms with Crippen molar-refractivity contribution in [2.45, 2.75) is 6.92 Å². The molecule has 0 atom stereocenters. The summed E-state index contributed by atoms with van der Waals surface area (Å²) in [4.78, 5) is 36.4. The van der Waals surface area contributed by atoms with Crippen molar-refractivity contribution in [1.82, 2.24) is 5.43 Å². The highest BCUT2D eigenvalue weighted by molar-refractivity contribution is 9.10. The minimum Gasteiger partial charge on any atom is -0.497 e. The maximum absolute atomic E-state index is 12.3. The highest BCUT2D eigenvalue weighted by Gasteiger charge is 2.14. The highest BCUT2D eigenvalue weighted by Crippen LogP contribution is 2.20. The number of nitrogens with one attached hydrogen (secondary N) is 2. The largest absolute Gasteiger partial charge is 0.497 e. The predicted octanol–water partition coefficient (Wildman–Crippen LogP) is 4.07. The first-order chi connectivity index (χ1) is 15.9. The van der Waals surface area contributed by atoms with Crippen molar-refractivity contribution in [3.63, 3.8) is 0 Å². The van der Waals surface area contributed by atoms with Gasteiger partial charge < -0.3 is 14.8 Å². The predicted molar refractivity (Wildman–Crippen MR) is 128 cm³/mol. The fourth-order valence-electron chi connectivity index (χ4n) is 2.74. The van der Waals surface area contributed by atoms with E-state index in [0.29, 0.717) is 28.3 Å². The number of carbonyl (C=O) groups is 3. The molecular formula is C24H20BrN3O5. The van der Waals surface area contributed by atoms with Gasteiger partial charge >= 0.3 is 17.8 Å². The average molecular weight is 510 g/mol. The molecule has 9 heteroatoms. The van der Waals surface area contributed by atoms with Gasteiger partial charge in [0.2, 0.25) is 0 Å². The third kappa shape index (κ3) is 6.75. The Bertz CT molecular complexity index is 1230. The lowest BCUT2D eigenvalue weighted by Gasteiger charge is -2.07. The number of anilines is 1. The number of amides is 2. The quantitative estimate of drug-likeness (QED) is 0.171. The van der Waals surface area contributed by atoms with Crippen molar-refractivity contribution in [1.29, 1.82) is 0 Å². The van der Waals surface area contributed by atoms with E-state index in [9.17, 15) is 14.4 Å². The molecule has 8 nitrogen and oxygen atoms in total. The van der Waals surface area contributed by atoms with Gasteiger partial charge in [0.1, 0.15) is 11.5 Å². The standard InChI is InChI=1S/C24H20BrN3O5/c1-15-11-18(25)9-10-21(15)27-22(29)23(30)28-26-14-16-5-3-8-20(12-16)33-24(31)17-6-4-7-19(13-17)32-2/h3-14H,1-2H3,(H,27,29)(H,28,30)/b26-14+. The summed E-state index contributed by atoms with van der Waals surface area (Å²) >= 11 is 3.34. The van der Waals surface area contributed by atoms with Crippen molar-refractivity contribution in [3.05, 3.63) is 87.9 Å². The second-order valence-electron chi connectivity index (χ2n) is 6.81. The van der Waals surface area contributed by atoms with E-state index in [0.717, 1.165) is 10.0 Å². The molecular weight excluding hydrogens is 490 g/mol. The molecule has 168 valence electrons. The Hall–Kier alpha value is -3.98. The third-order valence-corrected chi connectivity index (χ3v) is 4.89. The van der Waals surface area contributed by atoms with Gasteiger partial charge in [-0.15, -0.1) is 0 Å². The summed E-state index contributed by atoms with van der Waals surface area (Å²) in [5, 5.41) is 6.32. The Morgan fingerprint density at radius 3 is 2.45 bits per heavy atom. The van der Waals surface area contributed by atoms with Crippen LogP contribution in [0.1, 0.15) is 21.5 Å². The van der Waals surface area contributed by atoms with Gasteiger partial charge in [-0.2, -0.15) is 5.10 Å². The summed E-state index contributed by atoms with van der Waals surface area (Å²) in [5.74, 6) is -1.48. The van der Waals surface area contributed by atoms with Crippen LogP contribution in [0, 0.1) is 6.92 Å². The van der Waals surface area contributed by atoms with E-state index in [1.807, 2.05) is 13.0 Å². The summed E-state index contributed by atoms with van der Waals surface area (Å²) in [5.41, 5.74) is 4.38. The molecule has 0 spiro atoms. The topological polar surface area (TPSA) is 106 Å². The molecule has 0 aliphatic carbocycles. The number of carbonyl (C=O) groups excluding carboxylic acids is 3. The lowest BCUT2D eigenvalue weighted by atomic mass is 10.2. The average Bonchev–Trinajstić information content (AvgIpc) is 2.81. The molecule has 2 amide bonds. The van der Waals surface area contributed by atoms with Crippen molar-refractivity contribution in [2.24, 2.45) is 5.10 Å². The number of halogens is 1. The number of hydrazone groups is 1. The van der Waals surface area contributed by atoms with E-state index < -0.39 is 17.8 Å². The van der Waals surface area contributed by atoms with Crippen molar-refractivity contribution in [3.8, 4) is 11.5 Å². The maximum atomic E-state index is 12.3. The first-order valence-electron chi connectivity index (χ1n) is 9.72. The molecule has 0 aliphatic heterocycles. The number of hydrogen-bond acceptors (Lipinski definition) is 6. The second-order valence-corrected chi connectivity index (χ2v) is 7.72. The molecule has 0 aromatic heterocycles. The van der Waals surface area contributed by atoms with Crippen LogP contribution in [0.4, 0.5) is 5.69 Å². The van der Waals surface area contributed by atoms with Crippen LogP contribution in [-0.4, -0.2) is 31.1 Å². The number of benzene rings is 3. The van der Waals surface area contributed by atoms with Gasteiger partial charge in [0.05, 0.1) is 18.9 Å². The number of esters is 1. The molecule has 0 unspecified atom stereocenters. The molecule has 0 bridgehead atoms. The number of hydrogen-bond donors (Lipinski definition) is 2. The molecule has 3 aromatic rings. The molecule has 2 N–H and O–H groups in total. The Balaban J connectivity index is 1.58. The number of ether oxygens (including phenoxy) is 2. The number of nitrogens with zero attached hydrogens (tertiary/aromatic N) is 1. The Kier molecular flexibility index (Phi) is 7.93. The van der Waals surface area contributed by atoms with Crippen LogP contribution in [0.5, 0.6) is 11.5 Å². The lowest BCUT2D eigenvalue weighted by Crippen LogP contribution is -2.32. The number of aryl methyl sites for hydroxylation is 1. The molecule has 0 heterocycles. The van der Waals surface area contributed by atoms with Gasteiger partial charge in [-0.3, -0.25) is 9.59 Å². The summed E-state index contributed by atoms with van der Waals surface area (Å²) in [7, 11) is 1.51. The first-order valence-corrected chi connectivity index (χ1v) is 10.5. The molecule has 0 aliphatic rings. The van der Waals surface area contributed by atoms with Gasteiger partial charge in [0.25, 0.3) is 0 Å². The summed E-state index contributed by atoms with van der Waals surface area (Å²) < 4.78 is 11.4. The molecule has 0 saturated carbocycles. The zero-order valence-electron chi connectivity index (χ0n) is 17.8. The molecule has 0 saturated heterocycles. The fraction of sp³-hybridized carbons (Fsp3) is 0.0833. The Morgan fingerprint density at radius 1 is 0.939 bits per heavy atom. The number of rotatable bonds is 6. The maximum Gasteiger partial charge on any atom is 0.343 e. The van der Waals surface area contributed by atoms with Gasteiger partial charge in [-0.05, 0) is 66.6 Å². The second kappa shape index (κ2) is 11.1. The third-order valence-electron chi connectivity index (χ3n) is 4.40. The summed E-state index contributed by atoms with van der Waals surface area (Å²) in [6.45, 7) is 1.81. The summed E-state index contributed by atoms with van der Waals surface area (Å²) in [6, 6.07) is 18.4. The lowest BCUT2D eigenvalue weighted by molar-refractivity contribution is -0.136. The van der Waals surface area contributed by atoms with Gasteiger partial charge in [0, 0.05) is 10.2 Å². The molecule has 3 aromatic carbocycles. The van der Waals surface area contributed by atoms with Crippen molar-refractivity contribution >= 4 is 45.6 Å². The monoisotopic (exact) mass is 509 g/mol. The van der Waals surface area contributed by atoms with E-state index in [2.05, 4.69) is 31.8 Å². The van der Waals surface area contributed by atoms with Crippen LogP contribution in [0.2, 0.25) is 0 Å². The van der Waals surface area contributed by atoms with Gasteiger partial charge in [0.15, 0.2) is 0 Å². The zero-order valence-corrected chi connectivity index (χ0v) is 19.4. The van der Waals surface area contributed by atoms with E-state index >= 15 is 0 Å². The SMILES string of the molecule is COc1cccc(C(=O)Oc2cccc(/C=N/NC(=O)C(=O)Nc3ccc(Br)cc3C)c2)c1. The van der Waals surface area contributed by atoms with Crippen molar-refractivity contribution < 1.29 is 23.9 Å². The molecule has 0 radical (unpaired) electrons. The van der Waals surface area contributed by atoms with E-state index in [4.69, 9.17) is 9.47 Å². The molecule has 33 heavy (non-hydrogen) atoms. The van der Waals surface area contributed by atoms with Crippen LogP contribution in [0.3, 0.4) is 0 Å². The van der Waals surface area contributed by atoms with Crippen molar-refractivity contribution in [2.75, 3.05) is 12.4 Å². The van der Waals surface area contributed by atoms with Crippen LogP contribution in [0.25, 0.3) is 0 Å². The van der Waals surface area contributed by atoms with Crippen LogP contribution < -0.4 is 20.2 Å². The number of methoxy groups -OCH3 is 1. The first kappa shape index (κ1) is 23.7. The van der Waals surface area contributed by atoms with Crippen LogP contribution in [-0.2, 0) is 9.59 Å². The van der Waals surface area contributed by atoms with E-state index in [-0.39, 0.29) is 0 Å². The minimum absolute atomic E-state index is 0.293. The molecule has 3 rings (SSSR count). The van der Waals surface area contributed by atoms with E-state index in [1.54, 1.807) is 60.7 Å². The summed E-state index contributed by atoms with van der Waals surface area (Å²) in [6.07, 6.45) is 1.33. The van der Waals surface area contributed by atoms with Gasteiger partial charge in [-0.25, -0.2) is 10.2 Å². The van der Waals surface area contributed by atoms with Crippen LogP contribution in [0.15, 0.2) is 76.3 Å².